The Morgan fingerprint density at radius 2 is 1.71 bits per heavy atom. The largest absolute Gasteiger partial charge is 0.481 e. The van der Waals surface area contributed by atoms with Crippen LogP contribution in [0.25, 0.3) is 0 Å². The molecule has 2 rings (SSSR count). The number of hydrogen-bond acceptors (Lipinski definition) is 4. The van der Waals surface area contributed by atoms with Crippen molar-refractivity contribution in [3.05, 3.63) is 35.4 Å². The number of carboxylic acid groups (broad SMARTS) is 1. The quantitative estimate of drug-likeness (QED) is 0.809. The highest BCUT2D eigenvalue weighted by molar-refractivity contribution is 5.83. The number of carboxylic acids is 1. The second-order valence-electron chi connectivity index (χ2n) is 7.08. The molecule has 0 bridgehead atoms. The topological polar surface area (TPSA) is 89.6 Å². The lowest BCUT2D eigenvalue weighted by molar-refractivity contribution is -0.158. The lowest BCUT2D eigenvalue weighted by Crippen LogP contribution is -2.53. The van der Waals surface area contributed by atoms with E-state index in [0.717, 1.165) is 11.1 Å². The van der Waals surface area contributed by atoms with Gasteiger partial charge in [-0.3, -0.25) is 4.79 Å². The van der Waals surface area contributed by atoms with Gasteiger partial charge >= 0.3 is 11.9 Å². The van der Waals surface area contributed by atoms with E-state index in [1.165, 1.54) is 0 Å². The summed E-state index contributed by atoms with van der Waals surface area (Å²) < 4.78 is 5.45. The number of ether oxygens (including phenoxy) is 1. The van der Waals surface area contributed by atoms with Gasteiger partial charge in [-0.25, -0.2) is 4.79 Å². The highest BCUT2D eigenvalue weighted by atomic mass is 16.5. The second-order valence-corrected chi connectivity index (χ2v) is 7.08. The summed E-state index contributed by atoms with van der Waals surface area (Å²) in [7, 11) is 0. The first kappa shape index (κ1) is 18.5. The Bertz CT molecular complexity index is 588. The first-order valence-electron chi connectivity index (χ1n) is 8.55. The van der Waals surface area contributed by atoms with Crippen LogP contribution in [0.2, 0.25) is 0 Å². The molecule has 1 saturated carbocycles. The normalized spacial score (nSPS) is 23.5. The van der Waals surface area contributed by atoms with E-state index in [0.29, 0.717) is 25.7 Å². The summed E-state index contributed by atoms with van der Waals surface area (Å²) in [6, 6.07) is 7.62. The van der Waals surface area contributed by atoms with E-state index in [4.69, 9.17) is 10.5 Å². The van der Waals surface area contributed by atoms with Gasteiger partial charge in [0.1, 0.15) is 5.54 Å². The third-order valence-corrected chi connectivity index (χ3v) is 4.93. The molecule has 0 radical (unpaired) electrons. The fourth-order valence-corrected chi connectivity index (χ4v) is 3.46. The number of carbonyl (C=O) groups excluding carboxylic acids is 1. The fraction of sp³-hybridized carbons (Fsp3) is 0.579. The number of aliphatic carboxylic acids is 1. The first-order chi connectivity index (χ1) is 11.2. The summed E-state index contributed by atoms with van der Waals surface area (Å²) in [6.45, 7) is 5.58. The molecule has 3 N–H and O–H groups in total. The molecule has 0 saturated heterocycles. The Morgan fingerprint density at radius 3 is 2.17 bits per heavy atom. The van der Waals surface area contributed by atoms with Gasteiger partial charge in [0.05, 0.1) is 12.0 Å². The minimum atomic E-state index is -1.23. The Balaban J connectivity index is 2.31. The van der Waals surface area contributed by atoms with Gasteiger partial charge in [-0.2, -0.15) is 0 Å². The lowest BCUT2D eigenvalue weighted by atomic mass is 9.69. The van der Waals surface area contributed by atoms with Crippen LogP contribution in [0.3, 0.4) is 0 Å². The van der Waals surface area contributed by atoms with Gasteiger partial charge in [0, 0.05) is 0 Å². The molecule has 5 heteroatoms. The Kier molecular flexibility index (Phi) is 5.65. The summed E-state index contributed by atoms with van der Waals surface area (Å²) in [5.41, 5.74) is 7.23. The van der Waals surface area contributed by atoms with Crippen LogP contribution >= 0.6 is 0 Å². The minimum absolute atomic E-state index is 0.123. The van der Waals surface area contributed by atoms with Crippen LogP contribution in [0.15, 0.2) is 24.3 Å². The van der Waals surface area contributed by atoms with E-state index in [1.54, 1.807) is 13.8 Å². The Morgan fingerprint density at radius 1 is 1.17 bits per heavy atom. The maximum atomic E-state index is 12.8. The molecule has 132 valence electrons. The van der Waals surface area contributed by atoms with Crippen molar-refractivity contribution < 1.29 is 19.4 Å². The molecule has 1 unspecified atom stereocenters. The molecule has 0 amide bonds. The third-order valence-electron chi connectivity index (χ3n) is 4.93. The number of nitrogens with two attached hydrogens (primary N) is 1. The zero-order valence-corrected chi connectivity index (χ0v) is 14.6. The predicted molar refractivity (Wildman–Crippen MR) is 91.4 cm³/mol. The van der Waals surface area contributed by atoms with E-state index in [9.17, 15) is 14.7 Å². The van der Waals surface area contributed by atoms with Gasteiger partial charge in [-0.1, -0.05) is 29.8 Å². The number of hydrogen-bond donors (Lipinski definition) is 2. The average Bonchev–Trinajstić information content (AvgIpc) is 2.54. The SMILES string of the molecule is Cc1ccc(C(N)(C(=O)OC(C)C)C2CCC(C(=O)O)CC2)cc1. The highest BCUT2D eigenvalue weighted by Gasteiger charge is 2.47. The lowest BCUT2D eigenvalue weighted by Gasteiger charge is -2.39. The van der Waals surface area contributed by atoms with E-state index < -0.39 is 17.5 Å². The maximum absolute atomic E-state index is 12.8. The first-order valence-corrected chi connectivity index (χ1v) is 8.55. The number of aryl methyl sites for hydroxylation is 1. The van der Waals surface area contributed by atoms with Crippen molar-refractivity contribution in [2.45, 2.75) is 58.1 Å². The second kappa shape index (κ2) is 7.34. The molecule has 1 aliphatic rings. The number of carbonyl (C=O) groups is 2. The zero-order chi connectivity index (χ0) is 17.9. The molecule has 24 heavy (non-hydrogen) atoms. The highest BCUT2D eigenvalue weighted by Crippen LogP contribution is 2.40. The van der Waals surface area contributed by atoms with Gasteiger partial charge in [-0.05, 0) is 57.9 Å². The van der Waals surface area contributed by atoms with E-state index in [2.05, 4.69) is 0 Å². The van der Waals surface area contributed by atoms with Crippen LogP contribution in [-0.4, -0.2) is 23.1 Å². The van der Waals surface area contributed by atoms with Crippen LogP contribution in [0, 0.1) is 18.8 Å². The van der Waals surface area contributed by atoms with Crippen LogP contribution < -0.4 is 5.73 Å². The van der Waals surface area contributed by atoms with Crippen LogP contribution in [0.5, 0.6) is 0 Å². The molecule has 1 aliphatic carbocycles. The summed E-state index contributed by atoms with van der Waals surface area (Å²) in [5.74, 6) is -1.66. The molecule has 0 aliphatic heterocycles. The van der Waals surface area contributed by atoms with Crippen molar-refractivity contribution in [1.82, 2.24) is 0 Å². The monoisotopic (exact) mass is 333 g/mol. The maximum Gasteiger partial charge on any atom is 0.331 e. The van der Waals surface area contributed by atoms with Crippen LogP contribution in [0.1, 0.15) is 50.7 Å². The van der Waals surface area contributed by atoms with Crippen LogP contribution in [-0.2, 0) is 19.9 Å². The number of esters is 1. The summed E-state index contributed by atoms with van der Waals surface area (Å²) in [4.78, 5) is 24.0. The molecular weight excluding hydrogens is 306 g/mol. The molecule has 1 aromatic carbocycles. The van der Waals surface area contributed by atoms with Crippen molar-refractivity contribution >= 4 is 11.9 Å². The molecule has 1 aromatic rings. The van der Waals surface area contributed by atoms with E-state index in [1.807, 2.05) is 31.2 Å². The smallest absolute Gasteiger partial charge is 0.331 e. The number of benzene rings is 1. The van der Waals surface area contributed by atoms with Gasteiger partial charge < -0.3 is 15.6 Å². The molecule has 1 atom stereocenters. The van der Waals surface area contributed by atoms with Gasteiger partial charge in [0.2, 0.25) is 0 Å². The van der Waals surface area contributed by atoms with Gasteiger partial charge in [-0.15, -0.1) is 0 Å². The molecule has 0 aromatic heterocycles. The number of rotatable bonds is 5. The predicted octanol–water partition coefficient (Wildman–Crippen LogP) is 2.99. The van der Waals surface area contributed by atoms with Crippen LogP contribution in [0.4, 0.5) is 0 Å². The Labute approximate surface area is 143 Å². The Hall–Kier alpha value is -1.88. The molecular formula is C19H27NO4. The standard InChI is InChI=1S/C19H27NO4/c1-12(2)24-18(23)19(20,15-8-4-13(3)5-9-15)16-10-6-14(7-11-16)17(21)22/h4-5,8-9,12,14,16H,6-7,10-11,20H2,1-3H3,(H,21,22). The van der Waals surface area contributed by atoms with Gasteiger partial charge in [0.15, 0.2) is 0 Å². The van der Waals surface area contributed by atoms with Crippen molar-refractivity contribution in [2.24, 2.45) is 17.6 Å². The minimum Gasteiger partial charge on any atom is -0.481 e. The van der Waals surface area contributed by atoms with Crippen molar-refractivity contribution in [3.63, 3.8) is 0 Å². The van der Waals surface area contributed by atoms with E-state index in [-0.39, 0.29) is 17.9 Å². The van der Waals surface area contributed by atoms with E-state index >= 15 is 0 Å². The third kappa shape index (κ3) is 3.78. The fourth-order valence-electron chi connectivity index (χ4n) is 3.46. The molecule has 1 fully saturated rings. The van der Waals surface area contributed by atoms with Gasteiger partial charge in [0.25, 0.3) is 0 Å². The molecule has 0 heterocycles. The summed E-state index contributed by atoms with van der Waals surface area (Å²) in [6.07, 6.45) is 2.05. The molecule has 5 nitrogen and oxygen atoms in total. The zero-order valence-electron chi connectivity index (χ0n) is 14.6. The molecule has 0 spiro atoms. The van der Waals surface area contributed by atoms with Crippen molar-refractivity contribution in [2.75, 3.05) is 0 Å². The van der Waals surface area contributed by atoms with Crippen molar-refractivity contribution in [1.29, 1.82) is 0 Å². The van der Waals surface area contributed by atoms with Crippen molar-refractivity contribution in [3.8, 4) is 0 Å². The summed E-state index contributed by atoms with van der Waals surface area (Å²) >= 11 is 0. The average molecular weight is 333 g/mol. The summed E-state index contributed by atoms with van der Waals surface area (Å²) in [5, 5.41) is 9.18.